The van der Waals surface area contributed by atoms with Crippen molar-refractivity contribution < 1.29 is 9.21 Å². The van der Waals surface area contributed by atoms with Crippen LogP contribution in [-0.2, 0) is 4.79 Å². The van der Waals surface area contributed by atoms with Gasteiger partial charge in [0.1, 0.15) is 11.4 Å². The standard InChI is InChI=1S/C11H22O.C9H6O2/c1-3-5-7-9-11(12)10-8-6-4-2;10-9-6-5-7-3-1-2-4-8(7)11-9/h3-10H2,1-2H3;1-6H. The van der Waals surface area contributed by atoms with Gasteiger partial charge in [0, 0.05) is 24.3 Å². The monoisotopic (exact) mass is 316 g/mol. The third kappa shape index (κ3) is 8.34. The van der Waals surface area contributed by atoms with Gasteiger partial charge in [0.15, 0.2) is 0 Å². The number of carbonyl (C=O) groups excluding carboxylic acids is 1. The fourth-order valence-electron chi connectivity index (χ4n) is 2.28. The van der Waals surface area contributed by atoms with Gasteiger partial charge in [-0.1, -0.05) is 57.7 Å². The molecule has 0 saturated carbocycles. The minimum Gasteiger partial charge on any atom is -0.423 e. The fraction of sp³-hybridized carbons (Fsp3) is 0.500. The smallest absolute Gasteiger partial charge is 0.336 e. The Balaban J connectivity index is 0.000000230. The fourth-order valence-corrected chi connectivity index (χ4v) is 2.28. The molecule has 0 spiro atoms. The van der Waals surface area contributed by atoms with Gasteiger partial charge in [-0.05, 0) is 25.0 Å². The normalized spacial score (nSPS) is 10.2. The number of rotatable bonds is 8. The van der Waals surface area contributed by atoms with E-state index in [0.717, 1.165) is 31.1 Å². The summed E-state index contributed by atoms with van der Waals surface area (Å²) in [5, 5.41) is 0.951. The predicted octanol–water partition coefficient (Wildman–Crippen LogP) is 5.51. The Hall–Kier alpha value is -1.90. The van der Waals surface area contributed by atoms with E-state index in [1.165, 1.54) is 31.7 Å². The average molecular weight is 316 g/mol. The van der Waals surface area contributed by atoms with Crippen LogP contribution in [-0.4, -0.2) is 5.78 Å². The summed E-state index contributed by atoms with van der Waals surface area (Å²) >= 11 is 0. The highest BCUT2D eigenvalue weighted by molar-refractivity contribution is 5.78. The number of Topliss-reactive ketones (excluding diaryl/α,β-unsaturated/α-hetero) is 1. The minimum atomic E-state index is -0.302. The molecule has 0 radical (unpaired) electrons. The molecule has 3 heteroatoms. The summed E-state index contributed by atoms with van der Waals surface area (Å²) in [4.78, 5) is 21.9. The highest BCUT2D eigenvalue weighted by Crippen LogP contribution is 2.09. The van der Waals surface area contributed by atoms with E-state index in [1.54, 1.807) is 12.1 Å². The quantitative estimate of drug-likeness (QED) is 0.476. The van der Waals surface area contributed by atoms with E-state index in [2.05, 4.69) is 13.8 Å². The molecule has 0 atom stereocenters. The van der Waals surface area contributed by atoms with Crippen LogP contribution >= 0.6 is 0 Å². The molecule has 0 amide bonds. The first-order chi connectivity index (χ1) is 11.2. The first kappa shape index (κ1) is 19.1. The molecule has 2 aromatic rings. The summed E-state index contributed by atoms with van der Waals surface area (Å²) < 4.78 is 4.91. The van der Waals surface area contributed by atoms with E-state index in [-0.39, 0.29) is 5.63 Å². The predicted molar refractivity (Wildman–Crippen MR) is 95.8 cm³/mol. The Morgan fingerprint density at radius 2 is 1.48 bits per heavy atom. The summed E-state index contributed by atoms with van der Waals surface area (Å²) in [6.07, 6.45) is 8.67. The Labute approximate surface area is 138 Å². The van der Waals surface area contributed by atoms with Crippen molar-refractivity contribution in [2.75, 3.05) is 0 Å². The Morgan fingerprint density at radius 3 is 2.09 bits per heavy atom. The molecule has 1 aromatic carbocycles. The van der Waals surface area contributed by atoms with Crippen molar-refractivity contribution in [3.63, 3.8) is 0 Å². The topological polar surface area (TPSA) is 47.3 Å². The van der Waals surface area contributed by atoms with Crippen LogP contribution in [0.1, 0.15) is 65.2 Å². The van der Waals surface area contributed by atoms with Crippen molar-refractivity contribution >= 4 is 16.8 Å². The number of para-hydroxylation sites is 1. The highest BCUT2D eigenvalue weighted by Gasteiger charge is 1.99. The molecule has 23 heavy (non-hydrogen) atoms. The van der Waals surface area contributed by atoms with Gasteiger partial charge in [-0.3, -0.25) is 4.79 Å². The molecular formula is C20H28O3. The molecule has 0 saturated heterocycles. The molecule has 0 aliphatic rings. The summed E-state index contributed by atoms with van der Waals surface area (Å²) in [6.45, 7) is 4.34. The second-order valence-electron chi connectivity index (χ2n) is 5.75. The molecule has 1 heterocycles. The Bertz CT molecular complexity index is 616. The van der Waals surface area contributed by atoms with Gasteiger partial charge >= 0.3 is 5.63 Å². The van der Waals surface area contributed by atoms with E-state index >= 15 is 0 Å². The third-order valence-corrected chi connectivity index (χ3v) is 3.65. The van der Waals surface area contributed by atoms with Crippen molar-refractivity contribution in [3.8, 4) is 0 Å². The molecule has 2 rings (SSSR count). The molecular weight excluding hydrogens is 288 g/mol. The van der Waals surface area contributed by atoms with Crippen molar-refractivity contribution in [1.82, 2.24) is 0 Å². The van der Waals surface area contributed by atoms with Crippen LogP contribution in [0.3, 0.4) is 0 Å². The number of hydrogen-bond donors (Lipinski definition) is 0. The zero-order valence-corrected chi connectivity index (χ0v) is 14.3. The average Bonchev–Trinajstić information content (AvgIpc) is 2.56. The van der Waals surface area contributed by atoms with Crippen molar-refractivity contribution in [3.05, 3.63) is 46.8 Å². The lowest BCUT2D eigenvalue weighted by Gasteiger charge is -1.98. The zero-order valence-electron chi connectivity index (χ0n) is 14.3. The van der Waals surface area contributed by atoms with Gasteiger partial charge in [-0.15, -0.1) is 0 Å². The van der Waals surface area contributed by atoms with Gasteiger partial charge in [-0.25, -0.2) is 4.79 Å². The Kier molecular flexibility index (Phi) is 9.69. The Morgan fingerprint density at radius 1 is 0.870 bits per heavy atom. The van der Waals surface area contributed by atoms with E-state index in [0.29, 0.717) is 11.4 Å². The molecule has 3 nitrogen and oxygen atoms in total. The minimum absolute atomic E-state index is 0.302. The lowest BCUT2D eigenvalue weighted by Crippen LogP contribution is -1.96. The summed E-state index contributed by atoms with van der Waals surface area (Å²) in [6, 6.07) is 10.6. The van der Waals surface area contributed by atoms with Crippen LogP contribution in [0.15, 0.2) is 45.6 Å². The highest BCUT2D eigenvalue weighted by atomic mass is 16.4. The summed E-state index contributed by atoms with van der Waals surface area (Å²) in [5.41, 5.74) is 0.337. The maximum absolute atomic E-state index is 11.2. The van der Waals surface area contributed by atoms with E-state index in [1.807, 2.05) is 18.2 Å². The number of ketones is 1. The molecule has 126 valence electrons. The van der Waals surface area contributed by atoms with Crippen LogP contribution < -0.4 is 5.63 Å². The number of fused-ring (bicyclic) bond motifs is 1. The maximum atomic E-state index is 11.2. The second-order valence-corrected chi connectivity index (χ2v) is 5.75. The molecule has 0 unspecified atom stereocenters. The SMILES string of the molecule is CCCCCC(=O)CCCCC.O=c1ccc2ccccc2o1. The molecule has 0 fully saturated rings. The molecule has 0 aliphatic heterocycles. The van der Waals surface area contributed by atoms with Crippen LogP contribution in [0, 0.1) is 0 Å². The molecule has 0 bridgehead atoms. The number of unbranched alkanes of at least 4 members (excludes halogenated alkanes) is 4. The first-order valence-corrected chi connectivity index (χ1v) is 8.68. The summed E-state index contributed by atoms with van der Waals surface area (Å²) in [5.74, 6) is 0.469. The third-order valence-electron chi connectivity index (χ3n) is 3.65. The summed E-state index contributed by atoms with van der Waals surface area (Å²) in [7, 11) is 0. The van der Waals surface area contributed by atoms with Gasteiger partial charge in [0.05, 0.1) is 0 Å². The largest absolute Gasteiger partial charge is 0.423 e. The first-order valence-electron chi connectivity index (χ1n) is 8.68. The van der Waals surface area contributed by atoms with Crippen molar-refractivity contribution in [1.29, 1.82) is 0 Å². The van der Waals surface area contributed by atoms with Gasteiger partial charge in [-0.2, -0.15) is 0 Å². The van der Waals surface area contributed by atoms with Crippen LogP contribution in [0.5, 0.6) is 0 Å². The van der Waals surface area contributed by atoms with E-state index in [9.17, 15) is 9.59 Å². The van der Waals surface area contributed by atoms with E-state index < -0.39 is 0 Å². The van der Waals surface area contributed by atoms with Gasteiger partial charge in [0.25, 0.3) is 0 Å². The van der Waals surface area contributed by atoms with Crippen molar-refractivity contribution in [2.24, 2.45) is 0 Å². The van der Waals surface area contributed by atoms with Crippen LogP contribution in [0.2, 0.25) is 0 Å². The molecule has 1 aromatic heterocycles. The lowest BCUT2D eigenvalue weighted by atomic mass is 10.1. The van der Waals surface area contributed by atoms with Gasteiger partial charge in [0.2, 0.25) is 0 Å². The lowest BCUT2D eigenvalue weighted by molar-refractivity contribution is -0.119. The van der Waals surface area contributed by atoms with Crippen LogP contribution in [0.25, 0.3) is 11.0 Å². The molecule has 0 aliphatic carbocycles. The number of carbonyl (C=O) groups is 1. The van der Waals surface area contributed by atoms with E-state index in [4.69, 9.17) is 4.42 Å². The molecule has 0 N–H and O–H groups in total. The van der Waals surface area contributed by atoms with Crippen molar-refractivity contribution in [2.45, 2.75) is 65.2 Å². The van der Waals surface area contributed by atoms with Crippen LogP contribution in [0.4, 0.5) is 0 Å². The number of hydrogen-bond acceptors (Lipinski definition) is 3. The second kappa shape index (κ2) is 11.6. The zero-order chi connectivity index (χ0) is 16.9. The maximum Gasteiger partial charge on any atom is 0.336 e. The number of benzene rings is 1. The van der Waals surface area contributed by atoms with Gasteiger partial charge < -0.3 is 4.42 Å².